The van der Waals surface area contributed by atoms with Crippen LogP contribution in [0.4, 0.5) is 0 Å². The van der Waals surface area contributed by atoms with Gasteiger partial charge in [0, 0.05) is 12.1 Å². The van der Waals surface area contributed by atoms with E-state index in [0.717, 1.165) is 0 Å². The minimum Gasteiger partial charge on any atom is -0.491 e. The predicted octanol–water partition coefficient (Wildman–Crippen LogP) is 2.25. The summed E-state index contributed by atoms with van der Waals surface area (Å²) in [5.74, 6) is 0.0778. The van der Waals surface area contributed by atoms with Crippen LogP contribution >= 0.6 is 0 Å². The zero-order valence-corrected chi connectivity index (χ0v) is 14.8. The maximum Gasteiger partial charge on any atom is 0.307 e. The molecule has 0 spiro atoms. The molecule has 1 aromatic rings. The van der Waals surface area contributed by atoms with E-state index in [2.05, 4.69) is 4.74 Å². The molecule has 0 aromatic heterocycles. The highest BCUT2D eigenvalue weighted by Crippen LogP contribution is 2.17. The Bertz CT molecular complexity index is 523. The third-order valence-corrected chi connectivity index (χ3v) is 3.64. The molecule has 0 saturated heterocycles. The molecule has 0 radical (unpaired) electrons. The SMILES string of the molecule is CCC(CO)N(CCC(=O)OC)C(=O)c1ccc(OC(C)C)cc1. The monoisotopic (exact) mass is 337 g/mol. The van der Waals surface area contributed by atoms with Crippen molar-refractivity contribution in [1.29, 1.82) is 0 Å². The van der Waals surface area contributed by atoms with Crippen LogP contribution in [0.5, 0.6) is 5.75 Å². The van der Waals surface area contributed by atoms with Crippen molar-refractivity contribution in [3.8, 4) is 5.75 Å². The van der Waals surface area contributed by atoms with Gasteiger partial charge in [-0.25, -0.2) is 0 Å². The highest BCUT2D eigenvalue weighted by Gasteiger charge is 2.24. The third-order valence-electron chi connectivity index (χ3n) is 3.64. The van der Waals surface area contributed by atoms with Gasteiger partial charge in [0.1, 0.15) is 5.75 Å². The minimum absolute atomic E-state index is 0.0574. The number of rotatable bonds is 9. The van der Waals surface area contributed by atoms with Crippen molar-refractivity contribution in [2.24, 2.45) is 0 Å². The average molecular weight is 337 g/mol. The summed E-state index contributed by atoms with van der Waals surface area (Å²) in [6.07, 6.45) is 0.743. The van der Waals surface area contributed by atoms with Crippen molar-refractivity contribution in [2.75, 3.05) is 20.3 Å². The lowest BCUT2D eigenvalue weighted by Crippen LogP contribution is -2.43. The second-order valence-corrected chi connectivity index (χ2v) is 5.76. The molecule has 1 N–H and O–H groups in total. The number of nitrogens with zero attached hydrogens (tertiary/aromatic N) is 1. The fourth-order valence-corrected chi connectivity index (χ4v) is 2.33. The molecule has 1 amide bonds. The Morgan fingerprint density at radius 2 is 1.83 bits per heavy atom. The lowest BCUT2D eigenvalue weighted by atomic mass is 10.1. The number of aliphatic hydroxyl groups excluding tert-OH is 1. The minimum atomic E-state index is -0.388. The topological polar surface area (TPSA) is 76.1 Å². The second-order valence-electron chi connectivity index (χ2n) is 5.76. The van der Waals surface area contributed by atoms with Crippen molar-refractivity contribution in [1.82, 2.24) is 4.90 Å². The predicted molar refractivity (Wildman–Crippen MR) is 91.0 cm³/mol. The number of aliphatic hydroxyl groups is 1. The molecule has 0 aliphatic heterocycles. The quantitative estimate of drug-likeness (QED) is 0.700. The first-order valence-electron chi connectivity index (χ1n) is 8.18. The molecule has 6 heteroatoms. The molecular formula is C18H27NO5. The van der Waals surface area contributed by atoms with E-state index in [1.54, 1.807) is 24.3 Å². The molecule has 0 aliphatic carbocycles. The van der Waals surface area contributed by atoms with Gasteiger partial charge in [0.15, 0.2) is 0 Å². The molecule has 0 saturated carbocycles. The molecule has 6 nitrogen and oxygen atoms in total. The Balaban J connectivity index is 2.91. The Labute approximate surface area is 143 Å². The Kier molecular flexibility index (Phi) is 8.26. The summed E-state index contributed by atoms with van der Waals surface area (Å²) >= 11 is 0. The van der Waals surface area contributed by atoms with Crippen LogP contribution in [-0.4, -0.2) is 54.3 Å². The standard InChI is InChI=1S/C18H27NO5/c1-5-15(12-20)19(11-10-17(21)23-4)18(22)14-6-8-16(9-7-14)24-13(2)3/h6-9,13,15,20H,5,10-12H2,1-4H3. The number of amides is 1. The van der Waals surface area contributed by atoms with E-state index in [9.17, 15) is 14.7 Å². The highest BCUT2D eigenvalue weighted by atomic mass is 16.5. The molecule has 24 heavy (non-hydrogen) atoms. The average Bonchev–Trinajstić information content (AvgIpc) is 2.57. The second kappa shape index (κ2) is 9.93. The van der Waals surface area contributed by atoms with Gasteiger partial charge in [-0.15, -0.1) is 0 Å². The number of hydrogen-bond acceptors (Lipinski definition) is 5. The zero-order chi connectivity index (χ0) is 18.1. The van der Waals surface area contributed by atoms with Crippen LogP contribution in [0.15, 0.2) is 24.3 Å². The molecule has 1 rings (SSSR count). The van der Waals surface area contributed by atoms with Gasteiger partial charge in [-0.1, -0.05) is 6.92 Å². The lowest BCUT2D eigenvalue weighted by Gasteiger charge is -2.30. The van der Waals surface area contributed by atoms with Crippen molar-refractivity contribution < 1.29 is 24.2 Å². The fraction of sp³-hybridized carbons (Fsp3) is 0.556. The zero-order valence-electron chi connectivity index (χ0n) is 14.8. The number of carbonyl (C=O) groups excluding carboxylic acids is 2. The summed E-state index contributed by atoms with van der Waals surface area (Å²) in [6.45, 7) is 5.80. The van der Waals surface area contributed by atoms with Crippen LogP contribution in [0, 0.1) is 0 Å². The van der Waals surface area contributed by atoms with Crippen molar-refractivity contribution in [3.63, 3.8) is 0 Å². The summed E-state index contributed by atoms with van der Waals surface area (Å²) in [4.78, 5) is 25.7. The number of ether oxygens (including phenoxy) is 2. The van der Waals surface area contributed by atoms with Gasteiger partial charge in [-0.05, 0) is 44.5 Å². The molecule has 1 aromatic carbocycles. The first-order chi connectivity index (χ1) is 11.4. The summed E-state index contributed by atoms with van der Waals surface area (Å²) in [7, 11) is 1.31. The maximum atomic E-state index is 12.8. The number of benzene rings is 1. The van der Waals surface area contributed by atoms with Crippen LogP contribution in [0.2, 0.25) is 0 Å². The summed E-state index contributed by atoms with van der Waals surface area (Å²) in [5.41, 5.74) is 0.489. The number of methoxy groups -OCH3 is 1. The Morgan fingerprint density at radius 3 is 2.29 bits per heavy atom. The summed E-state index contributed by atoms with van der Waals surface area (Å²) < 4.78 is 10.2. The molecule has 134 valence electrons. The van der Waals surface area contributed by atoms with E-state index in [0.29, 0.717) is 17.7 Å². The van der Waals surface area contributed by atoms with Gasteiger partial charge in [0.2, 0.25) is 0 Å². The van der Waals surface area contributed by atoms with Gasteiger partial charge >= 0.3 is 5.97 Å². The van der Waals surface area contributed by atoms with E-state index in [1.165, 1.54) is 12.0 Å². The molecule has 0 bridgehead atoms. The molecular weight excluding hydrogens is 310 g/mol. The van der Waals surface area contributed by atoms with Gasteiger partial charge in [-0.2, -0.15) is 0 Å². The van der Waals surface area contributed by atoms with Crippen LogP contribution in [-0.2, 0) is 9.53 Å². The third kappa shape index (κ3) is 5.85. The molecule has 1 atom stereocenters. The number of carbonyl (C=O) groups is 2. The molecule has 0 heterocycles. The number of hydrogen-bond donors (Lipinski definition) is 1. The Hall–Kier alpha value is -2.08. The smallest absolute Gasteiger partial charge is 0.307 e. The van der Waals surface area contributed by atoms with E-state index in [1.807, 2.05) is 20.8 Å². The van der Waals surface area contributed by atoms with Crippen LogP contribution in [0.3, 0.4) is 0 Å². The van der Waals surface area contributed by atoms with Crippen LogP contribution < -0.4 is 4.74 Å². The number of esters is 1. The highest BCUT2D eigenvalue weighted by molar-refractivity contribution is 5.94. The largest absolute Gasteiger partial charge is 0.491 e. The Morgan fingerprint density at radius 1 is 1.21 bits per heavy atom. The summed E-state index contributed by atoms with van der Waals surface area (Å²) in [6, 6.07) is 6.52. The van der Waals surface area contributed by atoms with E-state index in [-0.39, 0.29) is 43.6 Å². The van der Waals surface area contributed by atoms with E-state index >= 15 is 0 Å². The summed E-state index contributed by atoms with van der Waals surface area (Å²) in [5, 5.41) is 9.53. The fourth-order valence-electron chi connectivity index (χ4n) is 2.33. The first-order valence-corrected chi connectivity index (χ1v) is 8.18. The van der Waals surface area contributed by atoms with Crippen LogP contribution in [0.25, 0.3) is 0 Å². The van der Waals surface area contributed by atoms with Crippen molar-refractivity contribution >= 4 is 11.9 Å². The van der Waals surface area contributed by atoms with Gasteiger partial charge in [0.05, 0.1) is 32.3 Å². The molecule has 0 aliphatic rings. The van der Waals surface area contributed by atoms with Crippen molar-refractivity contribution in [3.05, 3.63) is 29.8 Å². The van der Waals surface area contributed by atoms with Gasteiger partial charge < -0.3 is 19.5 Å². The normalized spacial score (nSPS) is 11.9. The first kappa shape index (κ1) is 20.0. The molecule has 0 fully saturated rings. The molecule has 1 unspecified atom stereocenters. The van der Waals surface area contributed by atoms with Crippen LogP contribution in [0.1, 0.15) is 44.0 Å². The lowest BCUT2D eigenvalue weighted by molar-refractivity contribution is -0.140. The van der Waals surface area contributed by atoms with Gasteiger partial charge in [-0.3, -0.25) is 9.59 Å². The van der Waals surface area contributed by atoms with Crippen molar-refractivity contribution in [2.45, 2.75) is 45.8 Å². The maximum absolute atomic E-state index is 12.8. The van der Waals surface area contributed by atoms with E-state index < -0.39 is 0 Å². The van der Waals surface area contributed by atoms with E-state index in [4.69, 9.17) is 4.74 Å². The van der Waals surface area contributed by atoms with Gasteiger partial charge in [0.25, 0.3) is 5.91 Å².